The number of hydrogen-bond acceptors (Lipinski definition) is 4. The highest BCUT2D eigenvalue weighted by molar-refractivity contribution is 5.89. The van der Waals surface area contributed by atoms with Crippen LogP contribution in [0.5, 0.6) is 5.75 Å². The number of carbonyl (C=O) groups is 1. The highest BCUT2D eigenvalue weighted by Crippen LogP contribution is 2.35. The van der Waals surface area contributed by atoms with Gasteiger partial charge in [0.2, 0.25) is 5.91 Å². The van der Waals surface area contributed by atoms with Gasteiger partial charge in [0.05, 0.1) is 19.8 Å². The molecule has 2 aromatic carbocycles. The maximum atomic E-state index is 12.8. The first-order chi connectivity index (χ1) is 14.5. The minimum absolute atomic E-state index is 0.00954. The number of ether oxygens (including phenoxy) is 2. The quantitative estimate of drug-likeness (QED) is 0.655. The number of rotatable bonds is 6. The molecule has 1 fully saturated rings. The van der Waals surface area contributed by atoms with Crippen LogP contribution >= 0.6 is 0 Å². The van der Waals surface area contributed by atoms with E-state index in [1.54, 1.807) is 13.4 Å². The summed E-state index contributed by atoms with van der Waals surface area (Å²) in [6.07, 6.45) is 3.79. The first-order valence-corrected chi connectivity index (χ1v) is 10.5. The molecule has 1 aromatic heterocycles. The molecule has 0 aliphatic carbocycles. The molecule has 158 valence electrons. The van der Waals surface area contributed by atoms with Gasteiger partial charge < -0.3 is 19.2 Å². The number of furan rings is 1. The summed E-state index contributed by atoms with van der Waals surface area (Å²) >= 11 is 0. The van der Waals surface area contributed by atoms with Gasteiger partial charge in [-0.05, 0) is 55.5 Å². The number of nitrogens with one attached hydrogen (secondary N) is 1. The van der Waals surface area contributed by atoms with Crippen LogP contribution < -0.4 is 10.1 Å². The summed E-state index contributed by atoms with van der Waals surface area (Å²) in [4.78, 5) is 12.8. The first kappa shape index (κ1) is 20.5. The fourth-order valence-electron chi connectivity index (χ4n) is 4.30. The maximum absolute atomic E-state index is 12.8. The Kier molecular flexibility index (Phi) is 5.82. The summed E-state index contributed by atoms with van der Waals surface area (Å²) in [6, 6.07) is 12.3. The number of benzene rings is 2. The average molecular weight is 408 g/mol. The zero-order valence-electron chi connectivity index (χ0n) is 17.9. The van der Waals surface area contributed by atoms with Crippen molar-refractivity contribution in [3.05, 3.63) is 64.9 Å². The van der Waals surface area contributed by atoms with Gasteiger partial charge in [-0.1, -0.05) is 24.3 Å². The second-order valence-electron chi connectivity index (χ2n) is 8.22. The summed E-state index contributed by atoms with van der Waals surface area (Å²) in [5, 5.41) is 4.20. The summed E-state index contributed by atoms with van der Waals surface area (Å²) in [7, 11) is 1.67. The van der Waals surface area contributed by atoms with E-state index in [1.165, 1.54) is 11.1 Å². The average Bonchev–Trinajstić information content (AvgIpc) is 3.19. The van der Waals surface area contributed by atoms with E-state index < -0.39 is 0 Å². The first-order valence-electron chi connectivity index (χ1n) is 10.5. The molecule has 2 heterocycles. The van der Waals surface area contributed by atoms with E-state index >= 15 is 0 Å². The van der Waals surface area contributed by atoms with E-state index in [1.807, 2.05) is 18.2 Å². The summed E-state index contributed by atoms with van der Waals surface area (Å²) in [5.41, 5.74) is 5.21. The van der Waals surface area contributed by atoms with Crippen LogP contribution in [0.1, 0.15) is 35.1 Å². The van der Waals surface area contributed by atoms with Crippen molar-refractivity contribution >= 4 is 16.9 Å². The lowest BCUT2D eigenvalue weighted by Crippen LogP contribution is -2.45. The summed E-state index contributed by atoms with van der Waals surface area (Å²) < 4.78 is 16.7. The monoisotopic (exact) mass is 407 g/mol. The third kappa shape index (κ3) is 3.94. The van der Waals surface area contributed by atoms with Gasteiger partial charge in [-0.15, -0.1) is 0 Å². The normalized spacial score (nSPS) is 15.8. The van der Waals surface area contributed by atoms with Crippen molar-refractivity contribution in [2.75, 3.05) is 26.9 Å². The maximum Gasteiger partial charge on any atom is 0.224 e. The van der Waals surface area contributed by atoms with Crippen LogP contribution in [0.2, 0.25) is 0 Å². The number of hydrogen-bond donors (Lipinski definition) is 1. The molecular weight excluding hydrogens is 378 g/mol. The third-order valence-corrected chi connectivity index (χ3v) is 6.47. The molecule has 30 heavy (non-hydrogen) atoms. The summed E-state index contributed by atoms with van der Waals surface area (Å²) in [6.45, 7) is 6.11. The van der Waals surface area contributed by atoms with Crippen molar-refractivity contribution in [2.45, 2.75) is 38.5 Å². The Labute approximate surface area is 177 Å². The third-order valence-electron chi connectivity index (χ3n) is 6.47. The molecule has 5 nitrogen and oxygen atoms in total. The molecule has 5 heteroatoms. The lowest BCUT2D eigenvalue weighted by atomic mass is 9.74. The molecular formula is C25H29NO4. The van der Waals surface area contributed by atoms with Crippen LogP contribution in [0.3, 0.4) is 0 Å². The fourth-order valence-corrected chi connectivity index (χ4v) is 4.30. The van der Waals surface area contributed by atoms with Crippen molar-refractivity contribution in [3.63, 3.8) is 0 Å². The van der Waals surface area contributed by atoms with E-state index in [-0.39, 0.29) is 11.3 Å². The minimum atomic E-state index is -0.119. The van der Waals surface area contributed by atoms with Crippen LogP contribution in [-0.2, 0) is 21.4 Å². The Balaban J connectivity index is 1.48. The van der Waals surface area contributed by atoms with Gasteiger partial charge in [0, 0.05) is 36.1 Å². The molecule has 0 atom stereocenters. The topological polar surface area (TPSA) is 60.7 Å². The molecule has 0 unspecified atom stereocenters. The van der Waals surface area contributed by atoms with Crippen LogP contribution in [0, 0.1) is 13.8 Å². The second-order valence-corrected chi connectivity index (χ2v) is 8.22. The van der Waals surface area contributed by atoms with Crippen molar-refractivity contribution in [1.29, 1.82) is 0 Å². The molecule has 1 aliphatic heterocycles. The number of fused-ring (bicyclic) bond motifs is 1. The molecule has 0 radical (unpaired) electrons. The van der Waals surface area contributed by atoms with Gasteiger partial charge in [0.1, 0.15) is 11.3 Å². The molecule has 1 aliphatic rings. The van der Waals surface area contributed by atoms with Gasteiger partial charge in [-0.25, -0.2) is 0 Å². The van der Waals surface area contributed by atoms with E-state index in [4.69, 9.17) is 13.9 Å². The Morgan fingerprint density at radius 1 is 1.10 bits per heavy atom. The SMILES string of the molecule is COc1ccc(C2(CNC(=O)Cc3coc4c(C)c(C)ccc34)CCOCC2)cc1. The van der Waals surface area contributed by atoms with Crippen molar-refractivity contribution in [3.8, 4) is 5.75 Å². The number of methoxy groups -OCH3 is 1. The van der Waals surface area contributed by atoms with Crippen molar-refractivity contribution in [2.24, 2.45) is 0 Å². The molecule has 0 saturated carbocycles. The Bertz CT molecular complexity index is 1030. The van der Waals surface area contributed by atoms with Gasteiger partial charge >= 0.3 is 0 Å². The van der Waals surface area contributed by atoms with Crippen LogP contribution in [-0.4, -0.2) is 32.8 Å². The second kappa shape index (κ2) is 8.52. The number of amides is 1. The molecule has 4 rings (SSSR count). The van der Waals surface area contributed by atoms with Crippen LogP contribution in [0.15, 0.2) is 47.1 Å². The van der Waals surface area contributed by atoms with Gasteiger partial charge in [-0.2, -0.15) is 0 Å². The largest absolute Gasteiger partial charge is 0.497 e. The van der Waals surface area contributed by atoms with Gasteiger partial charge in [-0.3, -0.25) is 4.79 Å². The lowest BCUT2D eigenvalue weighted by molar-refractivity contribution is -0.120. The summed E-state index contributed by atoms with van der Waals surface area (Å²) in [5.74, 6) is 0.845. The zero-order chi connectivity index (χ0) is 21.1. The highest BCUT2D eigenvalue weighted by atomic mass is 16.5. The van der Waals surface area contributed by atoms with E-state index in [2.05, 4.69) is 37.4 Å². The van der Waals surface area contributed by atoms with Gasteiger partial charge in [0.15, 0.2) is 0 Å². The van der Waals surface area contributed by atoms with E-state index in [0.29, 0.717) is 26.2 Å². The lowest BCUT2D eigenvalue weighted by Gasteiger charge is -2.38. The predicted molar refractivity (Wildman–Crippen MR) is 117 cm³/mol. The zero-order valence-corrected chi connectivity index (χ0v) is 17.9. The van der Waals surface area contributed by atoms with Crippen LogP contribution in [0.25, 0.3) is 11.0 Å². The molecule has 0 spiro atoms. The van der Waals surface area contributed by atoms with Crippen molar-refractivity contribution < 1.29 is 18.7 Å². The number of carbonyl (C=O) groups excluding carboxylic acids is 1. The highest BCUT2D eigenvalue weighted by Gasteiger charge is 2.35. The molecule has 3 aromatic rings. The van der Waals surface area contributed by atoms with E-state index in [9.17, 15) is 4.79 Å². The molecule has 1 saturated heterocycles. The Hall–Kier alpha value is -2.79. The number of aryl methyl sites for hydroxylation is 2. The molecule has 1 amide bonds. The van der Waals surface area contributed by atoms with Gasteiger partial charge in [0.25, 0.3) is 0 Å². The predicted octanol–water partition coefficient (Wildman–Crippen LogP) is 4.47. The van der Waals surface area contributed by atoms with Crippen LogP contribution in [0.4, 0.5) is 0 Å². The Morgan fingerprint density at radius 3 is 2.53 bits per heavy atom. The van der Waals surface area contributed by atoms with E-state index in [0.717, 1.165) is 40.7 Å². The van der Waals surface area contributed by atoms with Crippen molar-refractivity contribution in [1.82, 2.24) is 5.32 Å². The Morgan fingerprint density at radius 2 is 1.83 bits per heavy atom. The molecule has 0 bridgehead atoms. The molecule has 1 N–H and O–H groups in total. The standard InChI is InChI=1S/C25H29NO4/c1-17-4-9-22-19(15-30-24(22)18(17)2)14-23(27)26-16-25(10-12-29-13-11-25)20-5-7-21(28-3)8-6-20/h4-9,15H,10-14,16H2,1-3H3,(H,26,27). The smallest absolute Gasteiger partial charge is 0.224 e. The minimum Gasteiger partial charge on any atom is -0.497 e. The fraction of sp³-hybridized carbons (Fsp3) is 0.400.